The number of hydrogen-bond acceptors (Lipinski definition) is 6. The van der Waals surface area contributed by atoms with E-state index < -0.39 is 12.1 Å². The van der Waals surface area contributed by atoms with E-state index in [4.69, 9.17) is 14.2 Å². The van der Waals surface area contributed by atoms with Crippen LogP contribution in [0, 0.1) is 0 Å². The number of carbonyl (C=O) groups excluding carboxylic acids is 3. The lowest BCUT2D eigenvalue weighted by molar-refractivity contribution is -0.167. The van der Waals surface area contributed by atoms with Gasteiger partial charge in [-0.3, -0.25) is 14.4 Å². The van der Waals surface area contributed by atoms with Gasteiger partial charge in [-0.15, -0.1) is 0 Å². The molecule has 0 amide bonds. The lowest BCUT2D eigenvalue weighted by Gasteiger charge is -2.18. The van der Waals surface area contributed by atoms with E-state index in [-0.39, 0.29) is 38.0 Å². The van der Waals surface area contributed by atoms with Crippen LogP contribution in [0.4, 0.5) is 0 Å². The molecule has 0 aliphatic heterocycles. The molecule has 6 nitrogen and oxygen atoms in total. The molecule has 0 aliphatic carbocycles. The monoisotopic (exact) mass is 1030 g/mol. The first-order valence-corrected chi connectivity index (χ1v) is 28.9. The summed E-state index contributed by atoms with van der Waals surface area (Å²) in [5, 5.41) is 0. The van der Waals surface area contributed by atoms with Crippen LogP contribution in [-0.4, -0.2) is 37.2 Å². The predicted molar refractivity (Wildman–Crippen MR) is 324 cm³/mol. The summed E-state index contributed by atoms with van der Waals surface area (Å²) in [5.74, 6) is -1.10. The number of hydrogen-bond donors (Lipinski definition) is 0. The molecule has 0 radical (unpaired) electrons. The molecular weight excluding hydrogens is 925 g/mol. The number of unbranched alkanes of at least 4 members (excludes halogenated alkanes) is 6. The van der Waals surface area contributed by atoms with Crippen molar-refractivity contribution in [3.05, 3.63) is 194 Å². The van der Waals surface area contributed by atoms with Gasteiger partial charge < -0.3 is 14.2 Å². The van der Waals surface area contributed by atoms with Gasteiger partial charge in [-0.1, -0.05) is 228 Å². The van der Waals surface area contributed by atoms with Crippen LogP contribution in [-0.2, 0) is 28.6 Å². The number of carbonyl (C=O) groups is 3. The van der Waals surface area contributed by atoms with E-state index in [1.807, 2.05) is 0 Å². The Morgan fingerprint density at radius 3 is 0.787 bits per heavy atom. The quantitative estimate of drug-likeness (QED) is 0.0261. The number of allylic oxidation sites excluding steroid dienone is 32. The van der Waals surface area contributed by atoms with Crippen molar-refractivity contribution < 1.29 is 28.6 Å². The Kier molecular flexibility index (Phi) is 56.1. The van der Waals surface area contributed by atoms with Gasteiger partial charge in [-0.2, -0.15) is 0 Å². The summed E-state index contributed by atoms with van der Waals surface area (Å²) >= 11 is 0. The van der Waals surface area contributed by atoms with Crippen molar-refractivity contribution in [2.75, 3.05) is 13.2 Å². The molecule has 414 valence electrons. The summed E-state index contributed by atoms with van der Waals surface area (Å²) in [6.45, 7) is 6.15. The molecule has 0 aromatic heterocycles. The van der Waals surface area contributed by atoms with E-state index in [0.717, 1.165) is 148 Å². The van der Waals surface area contributed by atoms with Gasteiger partial charge in [-0.25, -0.2) is 0 Å². The first kappa shape index (κ1) is 69.2. The molecule has 0 aliphatic rings. The molecule has 1 atom stereocenters. The molecule has 0 bridgehead atoms. The highest BCUT2D eigenvalue weighted by Crippen LogP contribution is 2.10. The minimum Gasteiger partial charge on any atom is -0.462 e. The molecule has 0 rings (SSSR count). The van der Waals surface area contributed by atoms with Gasteiger partial charge in [0.1, 0.15) is 13.2 Å². The molecule has 0 saturated carbocycles. The van der Waals surface area contributed by atoms with Crippen LogP contribution < -0.4 is 0 Å². The zero-order valence-electron chi connectivity index (χ0n) is 47.2. The summed E-state index contributed by atoms with van der Waals surface area (Å²) in [7, 11) is 0. The molecule has 6 heteroatoms. The molecule has 0 heterocycles. The minimum atomic E-state index is -0.855. The van der Waals surface area contributed by atoms with E-state index in [1.165, 1.54) is 0 Å². The summed E-state index contributed by atoms with van der Waals surface area (Å²) in [6.07, 6.45) is 92.9. The Hall–Kier alpha value is -5.75. The average molecular weight is 1030 g/mol. The van der Waals surface area contributed by atoms with Gasteiger partial charge in [-0.05, 0) is 148 Å². The van der Waals surface area contributed by atoms with Crippen molar-refractivity contribution >= 4 is 17.9 Å². The third kappa shape index (κ3) is 59.0. The van der Waals surface area contributed by atoms with E-state index in [0.29, 0.717) is 19.3 Å². The van der Waals surface area contributed by atoms with Gasteiger partial charge in [0.25, 0.3) is 0 Å². The molecule has 0 aromatic carbocycles. The smallest absolute Gasteiger partial charge is 0.306 e. The fourth-order valence-corrected chi connectivity index (χ4v) is 6.87. The summed E-state index contributed by atoms with van der Waals surface area (Å²) in [4.78, 5) is 38.2. The molecule has 0 spiro atoms. The maximum Gasteiger partial charge on any atom is 0.306 e. The Morgan fingerprint density at radius 1 is 0.267 bits per heavy atom. The third-order valence-corrected chi connectivity index (χ3v) is 11.1. The van der Waals surface area contributed by atoms with Gasteiger partial charge >= 0.3 is 17.9 Å². The van der Waals surface area contributed by atoms with Crippen molar-refractivity contribution in [2.45, 2.75) is 207 Å². The molecule has 0 fully saturated rings. The number of ether oxygens (including phenoxy) is 3. The topological polar surface area (TPSA) is 78.9 Å². The number of rotatable bonds is 49. The van der Waals surface area contributed by atoms with Crippen molar-refractivity contribution in [2.24, 2.45) is 0 Å². The van der Waals surface area contributed by atoms with Crippen LogP contribution in [0.25, 0.3) is 0 Å². The second-order valence-electron chi connectivity index (χ2n) is 18.0. The Bertz CT molecular complexity index is 1850. The molecule has 0 N–H and O–H groups in total. The van der Waals surface area contributed by atoms with Gasteiger partial charge in [0.15, 0.2) is 6.10 Å². The zero-order chi connectivity index (χ0) is 54.3. The molecular formula is C69H102O6. The predicted octanol–water partition coefficient (Wildman–Crippen LogP) is 19.9. The highest BCUT2D eigenvalue weighted by atomic mass is 16.6. The van der Waals surface area contributed by atoms with Crippen LogP contribution in [0.15, 0.2) is 194 Å². The Balaban J connectivity index is 4.65. The van der Waals surface area contributed by atoms with Crippen LogP contribution in [0.5, 0.6) is 0 Å². The average Bonchev–Trinajstić information content (AvgIpc) is 3.41. The Labute approximate surface area is 458 Å². The highest BCUT2D eigenvalue weighted by Gasteiger charge is 2.19. The summed E-state index contributed by atoms with van der Waals surface area (Å²) in [6, 6.07) is 0. The van der Waals surface area contributed by atoms with Crippen LogP contribution in [0.3, 0.4) is 0 Å². The van der Waals surface area contributed by atoms with Gasteiger partial charge in [0.05, 0.1) is 0 Å². The zero-order valence-corrected chi connectivity index (χ0v) is 47.2. The standard InChI is InChI=1S/C69H102O6/c1-4-7-10-13-16-19-22-25-28-31-32-33-34-35-36-39-41-44-47-50-53-56-59-62-68(71)74-65-66(75-69(72)63-60-57-54-51-48-45-42-38-30-27-24-21-18-15-12-9-6-3)64-73-67(70)61-58-55-52-49-46-43-40-37-29-26-23-20-17-14-11-8-5-2/h7-12,16-21,25-30,32-33,35-36,40-45,50-51,53-54,66H,4-6,13-15,22-24,31,34,37-39,46-49,52,55-65H2,1-3H3/b10-7-,11-8-,12-9-,19-16-,20-17-,21-18-,28-25-,29-26-,30-27-,33-32-,36-35-,43-40-,44-41-,45-42-,53-50-,54-51-. The third-order valence-electron chi connectivity index (χ3n) is 11.1. The van der Waals surface area contributed by atoms with Crippen LogP contribution in [0.2, 0.25) is 0 Å². The highest BCUT2D eigenvalue weighted by molar-refractivity contribution is 5.71. The second kappa shape index (κ2) is 60.8. The minimum absolute atomic E-state index is 0.143. The fraction of sp³-hybridized carbons (Fsp3) is 0.493. The van der Waals surface area contributed by atoms with E-state index in [1.54, 1.807) is 0 Å². The van der Waals surface area contributed by atoms with Gasteiger partial charge in [0, 0.05) is 19.3 Å². The Morgan fingerprint density at radius 2 is 0.493 bits per heavy atom. The van der Waals surface area contributed by atoms with Crippen molar-refractivity contribution in [1.29, 1.82) is 0 Å². The van der Waals surface area contributed by atoms with Gasteiger partial charge in [0.2, 0.25) is 0 Å². The van der Waals surface area contributed by atoms with E-state index in [9.17, 15) is 14.4 Å². The number of esters is 3. The molecule has 0 aromatic rings. The van der Waals surface area contributed by atoms with Crippen molar-refractivity contribution in [3.63, 3.8) is 0 Å². The largest absolute Gasteiger partial charge is 0.462 e. The second-order valence-corrected chi connectivity index (χ2v) is 18.0. The lowest BCUT2D eigenvalue weighted by atomic mass is 10.1. The van der Waals surface area contributed by atoms with Crippen molar-refractivity contribution in [1.82, 2.24) is 0 Å². The SMILES string of the molecule is CC/C=C\C/C=C\C/C=C\C/C=C\C/C=C\C/C=C\C/C=C\CCCC(=O)OCC(COC(=O)CCCCCC/C=C\C/C=C\C/C=C\C/C=C\CC)OC(=O)CCC/C=C\C/C=C\C/C=C\C/C=C\C/C=C\CC. The maximum absolute atomic E-state index is 12.8. The van der Waals surface area contributed by atoms with E-state index >= 15 is 0 Å². The molecule has 1 unspecified atom stereocenters. The first-order valence-electron chi connectivity index (χ1n) is 28.9. The summed E-state index contributed by atoms with van der Waals surface area (Å²) < 4.78 is 16.7. The normalized spacial score (nSPS) is 13.6. The first-order chi connectivity index (χ1) is 37.0. The summed E-state index contributed by atoms with van der Waals surface area (Å²) in [5.41, 5.74) is 0. The molecule has 75 heavy (non-hydrogen) atoms. The van der Waals surface area contributed by atoms with Crippen LogP contribution >= 0.6 is 0 Å². The van der Waals surface area contributed by atoms with Crippen molar-refractivity contribution in [3.8, 4) is 0 Å². The van der Waals surface area contributed by atoms with E-state index in [2.05, 4.69) is 215 Å². The lowest BCUT2D eigenvalue weighted by Crippen LogP contribution is -2.30. The fourth-order valence-electron chi connectivity index (χ4n) is 6.87. The maximum atomic E-state index is 12.8. The molecule has 0 saturated heterocycles. The van der Waals surface area contributed by atoms with Crippen LogP contribution in [0.1, 0.15) is 201 Å².